The van der Waals surface area contributed by atoms with E-state index in [0.717, 1.165) is 16.8 Å². The Kier molecular flexibility index (Phi) is 5.24. The first kappa shape index (κ1) is 20.4. The zero-order valence-electron chi connectivity index (χ0n) is 18.8. The van der Waals surface area contributed by atoms with E-state index >= 15 is 0 Å². The van der Waals surface area contributed by atoms with Crippen LogP contribution in [0.1, 0.15) is 0 Å². The standard InChI is InChI=1S/C30H27NSi/c1-32(2,3)30-20-26-17-18-28(31-29(26)21-27(30)23-13-8-5-9-14-23)25-16-10-15-24(19-25)22-11-6-4-7-12-22/h4-21H,1-3H3. The lowest BCUT2D eigenvalue weighted by molar-refractivity contribution is 1.40. The van der Waals surface area contributed by atoms with Crippen LogP contribution >= 0.6 is 0 Å². The molecule has 0 bridgehead atoms. The smallest absolute Gasteiger partial charge is 0.0784 e. The SMILES string of the molecule is C[Si](C)(C)c1cc2ccc(-c3cccc(-c4ccccc4)c3)nc2cc1-c1ccccc1. The minimum absolute atomic E-state index is 1.01. The number of nitrogens with zero attached hydrogens (tertiary/aromatic N) is 1. The Hall–Kier alpha value is -3.49. The summed E-state index contributed by atoms with van der Waals surface area (Å²) in [6.45, 7) is 7.24. The molecule has 5 rings (SSSR count). The van der Waals surface area contributed by atoms with Crippen molar-refractivity contribution in [3.05, 3.63) is 109 Å². The maximum atomic E-state index is 5.11. The van der Waals surface area contributed by atoms with E-state index < -0.39 is 8.07 Å². The summed E-state index contributed by atoms with van der Waals surface area (Å²) in [5.41, 5.74) is 8.22. The largest absolute Gasteiger partial charge is 0.248 e. The molecule has 0 aliphatic carbocycles. The molecule has 0 unspecified atom stereocenters. The summed E-state index contributed by atoms with van der Waals surface area (Å²) in [6, 6.07) is 39.0. The molecule has 1 aromatic heterocycles. The molecule has 0 aliphatic heterocycles. The third-order valence-electron chi connectivity index (χ3n) is 5.99. The van der Waals surface area contributed by atoms with Crippen molar-refractivity contribution in [1.82, 2.24) is 4.98 Å². The highest BCUT2D eigenvalue weighted by Crippen LogP contribution is 2.29. The number of hydrogen-bond donors (Lipinski definition) is 0. The van der Waals surface area contributed by atoms with Crippen molar-refractivity contribution in [3.8, 4) is 33.5 Å². The molecule has 0 spiro atoms. The Morgan fingerprint density at radius 3 is 1.84 bits per heavy atom. The third kappa shape index (κ3) is 4.02. The first-order chi connectivity index (χ1) is 15.5. The van der Waals surface area contributed by atoms with Crippen LogP contribution in [-0.2, 0) is 0 Å². The van der Waals surface area contributed by atoms with E-state index in [-0.39, 0.29) is 0 Å². The molecule has 5 aromatic rings. The van der Waals surface area contributed by atoms with Crippen LogP contribution in [0.4, 0.5) is 0 Å². The highest BCUT2D eigenvalue weighted by molar-refractivity contribution is 6.89. The van der Waals surface area contributed by atoms with Gasteiger partial charge in [0.05, 0.1) is 19.3 Å². The second-order valence-corrected chi connectivity index (χ2v) is 14.4. The van der Waals surface area contributed by atoms with Gasteiger partial charge in [-0.05, 0) is 40.5 Å². The van der Waals surface area contributed by atoms with E-state index in [1.807, 2.05) is 0 Å². The van der Waals surface area contributed by atoms with Crippen LogP contribution < -0.4 is 5.19 Å². The van der Waals surface area contributed by atoms with Gasteiger partial charge in [-0.2, -0.15) is 0 Å². The molecular weight excluding hydrogens is 402 g/mol. The summed E-state index contributed by atoms with van der Waals surface area (Å²) in [6.07, 6.45) is 0. The van der Waals surface area contributed by atoms with Gasteiger partial charge in [0.25, 0.3) is 0 Å². The fourth-order valence-corrected chi connectivity index (χ4v) is 5.91. The number of hydrogen-bond acceptors (Lipinski definition) is 1. The average Bonchev–Trinajstić information content (AvgIpc) is 2.83. The number of benzene rings is 4. The van der Waals surface area contributed by atoms with Crippen LogP contribution in [0.25, 0.3) is 44.4 Å². The summed E-state index contributed by atoms with van der Waals surface area (Å²) in [5.74, 6) is 0. The summed E-state index contributed by atoms with van der Waals surface area (Å²) in [4.78, 5) is 5.11. The normalized spacial score (nSPS) is 11.6. The Labute approximate surface area is 191 Å². The van der Waals surface area contributed by atoms with Crippen molar-refractivity contribution in [1.29, 1.82) is 0 Å². The van der Waals surface area contributed by atoms with Gasteiger partial charge in [-0.25, -0.2) is 4.98 Å². The fourth-order valence-electron chi connectivity index (χ4n) is 4.30. The van der Waals surface area contributed by atoms with Gasteiger partial charge in [0.2, 0.25) is 0 Å². The van der Waals surface area contributed by atoms with Crippen LogP contribution in [-0.4, -0.2) is 13.1 Å². The molecule has 0 amide bonds. The first-order valence-electron chi connectivity index (χ1n) is 11.2. The van der Waals surface area contributed by atoms with Crippen LogP contribution in [0.5, 0.6) is 0 Å². The Morgan fingerprint density at radius 1 is 0.531 bits per heavy atom. The van der Waals surface area contributed by atoms with Crippen molar-refractivity contribution in [2.75, 3.05) is 0 Å². The number of pyridine rings is 1. The van der Waals surface area contributed by atoms with Crippen LogP contribution in [0.3, 0.4) is 0 Å². The van der Waals surface area contributed by atoms with Gasteiger partial charge in [-0.1, -0.05) is 116 Å². The molecule has 0 saturated heterocycles. The van der Waals surface area contributed by atoms with Gasteiger partial charge < -0.3 is 0 Å². The van der Waals surface area contributed by atoms with E-state index in [4.69, 9.17) is 4.98 Å². The van der Waals surface area contributed by atoms with E-state index in [9.17, 15) is 0 Å². The van der Waals surface area contributed by atoms with Crippen molar-refractivity contribution in [3.63, 3.8) is 0 Å². The predicted molar refractivity (Wildman–Crippen MR) is 141 cm³/mol. The zero-order valence-corrected chi connectivity index (χ0v) is 19.8. The number of rotatable bonds is 4. The molecule has 156 valence electrons. The van der Waals surface area contributed by atoms with Crippen molar-refractivity contribution >= 4 is 24.2 Å². The Morgan fingerprint density at radius 2 is 1.16 bits per heavy atom. The number of aromatic nitrogens is 1. The van der Waals surface area contributed by atoms with Gasteiger partial charge in [0, 0.05) is 10.9 Å². The zero-order chi connectivity index (χ0) is 22.1. The predicted octanol–water partition coefficient (Wildman–Crippen LogP) is 7.78. The fraction of sp³-hybridized carbons (Fsp3) is 0.100. The van der Waals surface area contributed by atoms with E-state index in [1.54, 1.807) is 0 Å². The summed E-state index contributed by atoms with van der Waals surface area (Å²) in [5, 5.41) is 2.70. The van der Waals surface area contributed by atoms with Crippen molar-refractivity contribution in [2.24, 2.45) is 0 Å². The molecule has 1 nitrogen and oxygen atoms in total. The van der Waals surface area contributed by atoms with E-state index in [2.05, 4.69) is 129 Å². The van der Waals surface area contributed by atoms with Gasteiger partial charge in [0.15, 0.2) is 0 Å². The minimum Gasteiger partial charge on any atom is -0.248 e. The molecule has 0 aliphatic rings. The lowest BCUT2D eigenvalue weighted by Crippen LogP contribution is -2.39. The molecule has 0 saturated carbocycles. The van der Waals surface area contributed by atoms with E-state index in [1.165, 1.54) is 32.8 Å². The lowest BCUT2D eigenvalue weighted by atomic mass is 10.0. The molecule has 0 N–H and O–H groups in total. The lowest BCUT2D eigenvalue weighted by Gasteiger charge is -2.22. The topological polar surface area (TPSA) is 12.9 Å². The molecule has 32 heavy (non-hydrogen) atoms. The van der Waals surface area contributed by atoms with Gasteiger partial charge >= 0.3 is 0 Å². The van der Waals surface area contributed by atoms with Crippen molar-refractivity contribution in [2.45, 2.75) is 19.6 Å². The first-order valence-corrected chi connectivity index (χ1v) is 14.7. The quantitative estimate of drug-likeness (QED) is 0.266. The average molecular weight is 430 g/mol. The highest BCUT2D eigenvalue weighted by Gasteiger charge is 2.22. The van der Waals surface area contributed by atoms with Gasteiger partial charge in [-0.15, -0.1) is 0 Å². The van der Waals surface area contributed by atoms with Crippen molar-refractivity contribution < 1.29 is 0 Å². The second-order valence-electron chi connectivity index (χ2n) is 9.35. The summed E-state index contributed by atoms with van der Waals surface area (Å²) >= 11 is 0. The maximum absolute atomic E-state index is 5.11. The van der Waals surface area contributed by atoms with E-state index in [0.29, 0.717) is 0 Å². The second kappa shape index (κ2) is 8.21. The monoisotopic (exact) mass is 429 g/mol. The summed E-state index contributed by atoms with van der Waals surface area (Å²) in [7, 11) is -1.53. The molecule has 1 heterocycles. The Bertz CT molecular complexity index is 1380. The highest BCUT2D eigenvalue weighted by atomic mass is 28.3. The van der Waals surface area contributed by atoms with Gasteiger partial charge in [0.1, 0.15) is 0 Å². The minimum atomic E-state index is -1.53. The molecule has 0 atom stereocenters. The Balaban J connectivity index is 1.65. The van der Waals surface area contributed by atoms with Gasteiger partial charge in [-0.3, -0.25) is 0 Å². The van der Waals surface area contributed by atoms with Crippen LogP contribution in [0, 0.1) is 0 Å². The molecule has 0 fully saturated rings. The molecule has 4 aromatic carbocycles. The number of fused-ring (bicyclic) bond motifs is 1. The van der Waals surface area contributed by atoms with Crippen LogP contribution in [0.15, 0.2) is 109 Å². The molecule has 0 radical (unpaired) electrons. The molecule has 2 heteroatoms. The third-order valence-corrected chi connectivity index (χ3v) is 8.02. The summed E-state index contributed by atoms with van der Waals surface area (Å²) < 4.78 is 0. The van der Waals surface area contributed by atoms with Crippen LogP contribution in [0.2, 0.25) is 19.6 Å². The molecular formula is C30H27NSi. The maximum Gasteiger partial charge on any atom is 0.0784 e.